The second-order valence-corrected chi connectivity index (χ2v) is 5.14. The summed E-state index contributed by atoms with van der Waals surface area (Å²) >= 11 is 0. The number of nitrogens with one attached hydrogen (secondary N) is 2. The van der Waals surface area contributed by atoms with E-state index >= 15 is 0 Å². The topological polar surface area (TPSA) is 50.4 Å². The van der Waals surface area contributed by atoms with Gasteiger partial charge < -0.3 is 10.1 Å². The molecule has 4 nitrogen and oxygen atoms in total. The molecule has 2 aromatic carbocycles. The maximum absolute atomic E-state index is 11.8. The Morgan fingerprint density at radius 2 is 1.86 bits per heavy atom. The zero-order valence-corrected chi connectivity index (χ0v) is 11.7. The number of benzene rings is 2. The number of hydrogen-bond donors (Lipinski definition) is 2. The standard InChI is InChI=1S/C17H18N2O2/c20-17(21-16-4-2-1-3-5-16)19-15-8-6-13(7-9-15)14-10-11-18-12-14/h1-9,14,18H,10-12H2,(H,19,20). The van der Waals surface area contributed by atoms with E-state index in [1.54, 1.807) is 12.1 Å². The summed E-state index contributed by atoms with van der Waals surface area (Å²) < 4.78 is 5.19. The number of para-hydroxylation sites is 1. The van der Waals surface area contributed by atoms with Crippen LogP contribution >= 0.6 is 0 Å². The molecule has 3 rings (SSSR count). The summed E-state index contributed by atoms with van der Waals surface area (Å²) in [7, 11) is 0. The van der Waals surface area contributed by atoms with Crippen LogP contribution < -0.4 is 15.4 Å². The van der Waals surface area contributed by atoms with Crippen LogP contribution in [0.3, 0.4) is 0 Å². The molecular formula is C17H18N2O2. The first-order chi connectivity index (χ1) is 10.3. The second kappa shape index (κ2) is 6.41. The van der Waals surface area contributed by atoms with Crippen LogP contribution in [0.2, 0.25) is 0 Å². The van der Waals surface area contributed by atoms with E-state index in [4.69, 9.17) is 4.74 Å². The van der Waals surface area contributed by atoms with E-state index in [1.165, 1.54) is 12.0 Å². The lowest BCUT2D eigenvalue weighted by molar-refractivity contribution is 0.215. The largest absolute Gasteiger partial charge is 0.417 e. The highest BCUT2D eigenvalue weighted by molar-refractivity contribution is 5.86. The van der Waals surface area contributed by atoms with Gasteiger partial charge in [0.15, 0.2) is 0 Å². The number of carbonyl (C=O) groups is 1. The molecule has 108 valence electrons. The number of anilines is 1. The van der Waals surface area contributed by atoms with Crippen molar-refractivity contribution in [2.24, 2.45) is 0 Å². The Morgan fingerprint density at radius 1 is 1.10 bits per heavy atom. The van der Waals surface area contributed by atoms with Crippen LogP contribution in [0.1, 0.15) is 17.9 Å². The van der Waals surface area contributed by atoms with E-state index in [2.05, 4.69) is 22.8 Å². The summed E-state index contributed by atoms with van der Waals surface area (Å²) in [4.78, 5) is 11.8. The first-order valence-corrected chi connectivity index (χ1v) is 7.16. The Hall–Kier alpha value is -2.33. The van der Waals surface area contributed by atoms with Gasteiger partial charge in [0.25, 0.3) is 0 Å². The predicted molar refractivity (Wildman–Crippen MR) is 82.8 cm³/mol. The minimum Gasteiger partial charge on any atom is -0.410 e. The third-order valence-electron chi connectivity index (χ3n) is 3.64. The van der Waals surface area contributed by atoms with E-state index in [1.807, 2.05) is 30.3 Å². The van der Waals surface area contributed by atoms with Gasteiger partial charge in [-0.15, -0.1) is 0 Å². The normalized spacial score (nSPS) is 17.4. The molecule has 1 aliphatic heterocycles. The molecule has 1 fully saturated rings. The van der Waals surface area contributed by atoms with Crippen molar-refractivity contribution < 1.29 is 9.53 Å². The summed E-state index contributed by atoms with van der Waals surface area (Å²) in [6.45, 7) is 2.11. The summed E-state index contributed by atoms with van der Waals surface area (Å²) in [5.41, 5.74) is 2.05. The van der Waals surface area contributed by atoms with Crippen LogP contribution in [-0.2, 0) is 0 Å². The molecule has 1 saturated heterocycles. The van der Waals surface area contributed by atoms with E-state index in [0.717, 1.165) is 18.8 Å². The monoisotopic (exact) mass is 282 g/mol. The number of hydrogen-bond acceptors (Lipinski definition) is 3. The first kappa shape index (κ1) is 13.6. The van der Waals surface area contributed by atoms with Crippen molar-refractivity contribution in [2.75, 3.05) is 18.4 Å². The average molecular weight is 282 g/mol. The van der Waals surface area contributed by atoms with Gasteiger partial charge in [-0.1, -0.05) is 30.3 Å². The van der Waals surface area contributed by atoms with Crippen LogP contribution in [0, 0.1) is 0 Å². The fourth-order valence-corrected chi connectivity index (χ4v) is 2.52. The zero-order valence-electron chi connectivity index (χ0n) is 11.7. The summed E-state index contributed by atoms with van der Waals surface area (Å²) in [6.07, 6.45) is 0.694. The zero-order chi connectivity index (χ0) is 14.5. The molecule has 0 aliphatic carbocycles. The smallest absolute Gasteiger partial charge is 0.410 e. The van der Waals surface area contributed by atoms with Gasteiger partial charge >= 0.3 is 6.09 Å². The van der Waals surface area contributed by atoms with E-state index in [9.17, 15) is 4.79 Å². The fourth-order valence-electron chi connectivity index (χ4n) is 2.52. The SMILES string of the molecule is O=C(Nc1ccc(C2CCNC2)cc1)Oc1ccccc1. The molecule has 0 bridgehead atoms. The lowest BCUT2D eigenvalue weighted by atomic mass is 9.98. The Labute approximate surface area is 124 Å². The van der Waals surface area contributed by atoms with Crippen molar-refractivity contribution in [2.45, 2.75) is 12.3 Å². The highest BCUT2D eigenvalue weighted by Crippen LogP contribution is 2.23. The summed E-state index contributed by atoms with van der Waals surface area (Å²) in [5.74, 6) is 1.11. The van der Waals surface area contributed by atoms with Gasteiger partial charge in [0.2, 0.25) is 0 Å². The van der Waals surface area contributed by atoms with E-state index in [0.29, 0.717) is 11.7 Å². The molecular weight excluding hydrogens is 264 g/mol. The minimum atomic E-state index is -0.475. The first-order valence-electron chi connectivity index (χ1n) is 7.16. The van der Waals surface area contributed by atoms with Crippen molar-refractivity contribution in [1.29, 1.82) is 0 Å². The number of ether oxygens (including phenoxy) is 1. The van der Waals surface area contributed by atoms with Crippen LogP contribution in [0.15, 0.2) is 54.6 Å². The van der Waals surface area contributed by atoms with Gasteiger partial charge in [-0.05, 0) is 48.7 Å². The molecule has 1 amide bonds. The van der Waals surface area contributed by atoms with E-state index < -0.39 is 6.09 Å². The predicted octanol–water partition coefficient (Wildman–Crippen LogP) is 3.37. The molecule has 21 heavy (non-hydrogen) atoms. The quantitative estimate of drug-likeness (QED) is 0.907. The molecule has 4 heteroatoms. The molecule has 2 aromatic rings. The van der Waals surface area contributed by atoms with Crippen LogP contribution in [-0.4, -0.2) is 19.2 Å². The molecule has 1 aliphatic rings. The molecule has 1 heterocycles. The Morgan fingerprint density at radius 3 is 2.52 bits per heavy atom. The number of amides is 1. The molecule has 0 radical (unpaired) electrons. The highest BCUT2D eigenvalue weighted by Gasteiger charge is 2.16. The molecule has 0 aromatic heterocycles. The average Bonchev–Trinajstić information content (AvgIpc) is 3.03. The second-order valence-electron chi connectivity index (χ2n) is 5.14. The number of carbonyl (C=O) groups excluding carboxylic acids is 1. The van der Waals surface area contributed by atoms with Gasteiger partial charge in [0, 0.05) is 12.2 Å². The van der Waals surface area contributed by atoms with Crippen molar-refractivity contribution in [3.05, 3.63) is 60.2 Å². The van der Waals surface area contributed by atoms with E-state index in [-0.39, 0.29) is 0 Å². The van der Waals surface area contributed by atoms with Crippen LogP contribution in [0.4, 0.5) is 10.5 Å². The van der Waals surface area contributed by atoms with Crippen molar-refractivity contribution in [1.82, 2.24) is 5.32 Å². The van der Waals surface area contributed by atoms with Gasteiger partial charge in [-0.2, -0.15) is 0 Å². The highest BCUT2D eigenvalue weighted by atomic mass is 16.6. The van der Waals surface area contributed by atoms with Gasteiger partial charge in [-0.3, -0.25) is 5.32 Å². The maximum Gasteiger partial charge on any atom is 0.417 e. The maximum atomic E-state index is 11.8. The Bertz CT molecular complexity index is 590. The lowest BCUT2D eigenvalue weighted by Crippen LogP contribution is -2.16. The summed E-state index contributed by atoms with van der Waals surface area (Å²) in [5, 5.41) is 6.09. The molecule has 1 unspecified atom stereocenters. The Kier molecular flexibility index (Phi) is 4.17. The molecule has 1 atom stereocenters. The van der Waals surface area contributed by atoms with Gasteiger partial charge in [0.05, 0.1) is 0 Å². The lowest BCUT2D eigenvalue weighted by Gasteiger charge is -2.10. The van der Waals surface area contributed by atoms with Crippen molar-refractivity contribution >= 4 is 11.8 Å². The number of rotatable bonds is 3. The molecule has 2 N–H and O–H groups in total. The van der Waals surface area contributed by atoms with Crippen molar-refractivity contribution in [3.8, 4) is 5.75 Å². The Balaban J connectivity index is 1.58. The van der Waals surface area contributed by atoms with Crippen LogP contribution in [0.25, 0.3) is 0 Å². The summed E-state index contributed by atoms with van der Waals surface area (Å²) in [6, 6.07) is 17.0. The van der Waals surface area contributed by atoms with Gasteiger partial charge in [-0.25, -0.2) is 4.79 Å². The third kappa shape index (κ3) is 3.61. The third-order valence-corrected chi connectivity index (χ3v) is 3.64. The molecule has 0 saturated carbocycles. The van der Waals surface area contributed by atoms with Crippen LogP contribution in [0.5, 0.6) is 5.75 Å². The van der Waals surface area contributed by atoms with Gasteiger partial charge in [0.1, 0.15) is 5.75 Å². The fraction of sp³-hybridized carbons (Fsp3) is 0.235. The minimum absolute atomic E-state index is 0.475. The molecule has 0 spiro atoms. The van der Waals surface area contributed by atoms with Crippen molar-refractivity contribution in [3.63, 3.8) is 0 Å².